The van der Waals surface area contributed by atoms with Crippen molar-refractivity contribution < 1.29 is 0 Å². The molecule has 0 amide bonds. The molecule has 1 aromatic carbocycles. The molecule has 0 fully saturated rings. The maximum absolute atomic E-state index is 5.88. The molecule has 1 rings (SSSR count). The first-order chi connectivity index (χ1) is 5.41. The van der Waals surface area contributed by atoms with Gasteiger partial charge in [0.2, 0.25) is 0 Å². The summed E-state index contributed by atoms with van der Waals surface area (Å²) in [6.45, 7) is 0. The minimum atomic E-state index is 0. The fourth-order valence-corrected chi connectivity index (χ4v) is 1.19. The van der Waals surface area contributed by atoms with Gasteiger partial charge in [-0.25, -0.2) is 0 Å². The number of hydrogen-bond donors (Lipinski definition) is 0. The molecule has 1 aromatic rings. The Bertz CT molecular complexity index is 294. The molecule has 0 atom stereocenters. The van der Waals surface area contributed by atoms with Crippen molar-refractivity contribution in [3.63, 3.8) is 0 Å². The van der Waals surface area contributed by atoms with Crippen molar-refractivity contribution in [1.82, 2.24) is 4.48 Å². The predicted octanol–water partition coefficient (Wildman–Crippen LogP) is 2.81. The maximum atomic E-state index is 5.88. The predicted molar refractivity (Wildman–Crippen MR) is 61.8 cm³/mol. The summed E-state index contributed by atoms with van der Waals surface area (Å²) in [5.41, 5.74) is 1.14. The van der Waals surface area contributed by atoms with Gasteiger partial charge in [0.15, 0.2) is 0 Å². The van der Waals surface area contributed by atoms with E-state index >= 15 is 0 Å². The summed E-state index contributed by atoms with van der Waals surface area (Å²) in [7, 11) is 6.25. The van der Waals surface area contributed by atoms with Crippen LogP contribution in [0.3, 0.4) is 0 Å². The Balaban J connectivity index is 0.00000144. The molecule has 0 saturated heterocycles. The quantitative estimate of drug-likeness (QED) is 0.551. The third-order valence-electron chi connectivity index (χ3n) is 1.68. The van der Waals surface area contributed by atoms with E-state index in [0.29, 0.717) is 10.0 Å². The molecule has 0 aliphatic carbocycles. The SMILES string of the molecule is C[N+](C)(C)c1ccc(Cl)c(Cl)c1.[Sn]. The van der Waals surface area contributed by atoms with Crippen molar-refractivity contribution in [2.24, 2.45) is 0 Å². The molecule has 0 spiro atoms. The minimum absolute atomic E-state index is 0. The topological polar surface area (TPSA) is 0 Å². The van der Waals surface area contributed by atoms with E-state index in [2.05, 4.69) is 21.1 Å². The maximum Gasteiger partial charge on any atom is 0.133 e. The Labute approximate surface area is 106 Å². The van der Waals surface area contributed by atoms with Crippen LogP contribution in [0.2, 0.25) is 10.0 Å². The first kappa shape index (κ1) is 13.6. The second kappa shape index (κ2) is 4.87. The van der Waals surface area contributed by atoms with Gasteiger partial charge in [0, 0.05) is 36.0 Å². The van der Waals surface area contributed by atoms with E-state index in [4.69, 9.17) is 23.2 Å². The van der Waals surface area contributed by atoms with Gasteiger partial charge in [-0.05, 0) is 6.07 Å². The van der Waals surface area contributed by atoms with Gasteiger partial charge >= 0.3 is 0 Å². The van der Waals surface area contributed by atoms with Crippen LogP contribution in [0.25, 0.3) is 0 Å². The third-order valence-corrected chi connectivity index (χ3v) is 2.42. The van der Waals surface area contributed by atoms with Crippen molar-refractivity contribution in [2.45, 2.75) is 0 Å². The van der Waals surface area contributed by atoms with Crippen LogP contribution >= 0.6 is 23.2 Å². The van der Waals surface area contributed by atoms with Crippen molar-refractivity contribution in [2.75, 3.05) is 21.1 Å². The van der Waals surface area contributed by atoms with Crippen LogP contribution in [0.15, 0.2) is 18.2 Å². The van der Waals surface area contributed by atoms with Gasteiger partial charge in [-0.15, -0.1) is 0 Å². The van der Waals surface area contributed by atoms with E-state index in [9.17, 15) is 0 Å². The Hall–Kier alpha value is 0.559. The standard InChI is InChI=1S/C9H12Cl2N.Sn/c1-12(2,3)7-4-5-8(10)9(11)6-7;/h4-6H,1-3H3;/q+1;. The molecule has 0 heterocycles. The third kappa shape index (κ3) is 3.66. The molecule has 0 aliphatic heterocycles. The van der Waals surface area contributed by atoms with Crippen LogP contribution in [0.5, 0.6) is 0 Å². The van der Waals surface area contributed by atoms with Crippen LogP contribution in [0, 0.1) is 0 Å². The fourth-order valence-electron chi connectivity index (χ4n) is 0.902. The summed E-state index contributed by atoms with van der Waals surface area (Å²) in [4.78, 5) is 0. The Morgan fingerprint density at radius 1 is 1.00 bits per heavy atom. The Kier molecular flexibility index (Phi) is 5.08. The molecule has 0 bridgehead atoms. The van der Waals surface area contributed by atoms with E-state index in [1.54, 1.807) is 0 Å². The molecule has 1 nitrogen and oxygen atoms in total. The first-order valence-corrected chi connectivity index (χ1v) is 4.44. The molecule has 13 heavy (non-hydrogen) atoms. The number of quaternary nitrogens is 1. The Morgan fingerprint density at radius 3 is 1.92 bits per heavy atom. The van der Waals surface area contributed by atoms with Crippen LogP contribution in [-0.4, -0.2) is 45.1 Å². The van der Waals surface area contributed by atoms with Crippen molar-refractivity contribution in [1.29, 1.82) is 0 Å². The summed E-state index contributed by atoms with van der Waals surface area (Å²) in [5.74, 6) is 0. The Morgan fingerprint density at radius 2 is 1.54 bits per heavy atom. The fraction of sp³-hybridized carbons (Fsp3) is 0.333. The zero-order valence-corrected chi connectivity index (χ0v) is 12.3. The molecule has 0 saturated carbocycles. The monoisotopic (exact) mass is 324 g/mol. The molecule has 0 aromatic heterocycles. The average Bonchev–Trinajstić information content (AvgIpc) is 1.92. The van der Waals surface area contributed by atoms with Crippen molar-refractivity contribution >= 4 is 52.8 Å². The first-order valence-electron chi connectivity index (χ1n) is 3.68. The van der Waals surface area contributed by atoms with Crippen molar-refractivity contribution in [3.8, 4) is 0 Å². The normalized spacial score (nSPS) is 10.8. The molecule has 70 valence electrons. The zero-order valence-electron chi connectivity index (χ0n) is 7.94. The second-order valence-corrected chi connectivity index (χ2v) is 4.43. The summed E-state index contributed by atoms with van der Waals surface area (Å²) in [5, 5.41) is 1.22. The van der Waals surface area contributed by atoms with E-state index in [0.717, 1.165) is 10.2 Å². The van der Waals surface area contributed by atoms with Gasteiger partial charge < -0.3 is 0 Å². The summed E-state index contributed by atoms with van der Waals surface area (Å²) in [6, 6.07) is 5.70. The largest absolute Gasteiger partial charge is 0.298 e. The number of nitrogens with zero attached hydrogens (tertiary/aromatic N) is 1. The van der Waals surface area contributed by atoms with Crippen LogP contribution < -0.4 is 4.48 Å². The van der Waals surface area contributed by atoms with Gasteiger partial charge in [-0.1, -0.05) is 23.2 Å². The van der Waals surface area contributed by atoms with E-state index in [1.165, 1.54) is 0 Å². The van der Waals surface area contributed by atoms with E-state index < -0.39 is 0 Å². The molecule has 0 N–H and O–H groups in total. The van der Waals surface area contributed by atoms with Crippen LogP contribution in [0.4, 0.5) is 5.69 Å². The van der Waals surface area contributed by atoms with Gasteiger partial charge in [0.25, 0.3) is 0 Å². The van der Waals surface area contributed by atoms with Gasteiger partial charge in [-0.2, -0.15) is 0 Å². The summed E-state index contributed by atoms with van der Waals surface area (Å²) >= 11 is 11.7. The average molecular weight is 324 g/mol. The van der Waals surface area contributed by atoms with Crippen LogP contribution in [0.1, 0.15) is 0 Å². The van der Waals surface area contributed by atoms with E-state index in [-0.39, 0.29) is 23.9 Å². The number of rotatable bonds is 1. The van der Waals surface area contributed by atoms with Gasteiger partial charge in [0.05, 0.1) is 31.2 Å². The number of hydrogen-bond acceptors (Lipinski definition) is 0. The molecule has 0 aliphatic rings. The van der Waals surface area contributed by atoms with Crippen molar-refractivity contribution in [3.05, 3.63) is 28.2 Å². The molecule has 0 unspecified atom stereocenters. The smallest absolute Gasteiger partial charge is 0.133 e. The molecule has 4 heteroatoms. The van der Waals surface area contributed by atoms with E-state index in [1.807, 2.05) is 18.2 Å². The zero-order chi connectivity index (χ0) is 9.35. The molecular weight excluding hydrogens is 312 g/mol. The summed E-state index contributed by atoms with van der Waals surface area (Å²) < 4.78 is 0.747. The molecule has 4 radical (unpaired) electrons. The van der Waals surface area contributed by atoms with Gasteiger partial charge in [-0.3, -0.25) is 4.48 Å². The molecular formula is C9H12Cl2NSn+. The van der Waals surface area contributed by atoms with Gasteiger partial charge in [0.1, 0.15) is 5.69 Å². The summed E-state index contributed by atoms with van der Waals surface area (Å²) in [6.07, 6.45) is 0. The minimum Gasteiger partial charge on any atom is -0.298 e. The second-order valence-electron chi connectivity index (χ2n) is 3.61. The van der Waals surface area contributed by atoms with Crippen LogP contribution in [-0.2, 0) is 0 Å². The number of benzene rings is 1. The number of halogens is 2.